The fourth-order valence-corrected chi connectivity index (χ4v) is 3.60. The van der Waals surface area contributed by atoms with Gasteiger partial charge in [0.2, 0.25) is 5.91 Å². The topological polar surface area (TPSA) is 56.1 Å². The molecule has 0 aliphatic carbocycles. The van der Waals surface area contributed by atoms with Crippen molar-refractivity contribution in [3.63, 3.8) is 0 Å². The Morgan fingerprint density at radius 1 is 1.59 bits per heavy atom. The number of carbonyl (C=O) groups excluding carboxylic acids is 1. The van der Waals surface area contributed by atoms with Crippen molar-refractivity contribution < 1.29 is 9.53 Å². The van der Waals surface area contributed by atoms with Crippen molar-refractivity contribution in [3.8, 4) is 0 Å². The molecule has 1 aliphatic heterocycles. The van der Waals surface area contributed by atoms with Crippen molar-refractivity contribution in [2.24, 2.45) is 7.05 Å². The lowest BCUT2D eigenvalue weighted by Gasteiger charge is -2.21. The van der Waals surface area contributed by atoms with Crippen LogP contribution in [0.2, 0.25) is 0 Å². The molecule has 3 atom stereocenters. The Balaban J connectivity index is 1.71. The summed E-state index contributed by atoms with van der Waals surface area (Å²) in [4.78, 5) is 13.6. The Bertz CT molecular complexity index is 650. The number of carbonyl (C=O) groups is 1. The first-order chi connectivity index (χ1) is 10.6. The summed E-state index contributed by atoms with van der Waals surface area (Å²) in [6.45, 7) is 4.63. The standard InChI is InChI=1S/C16H21N3O2S/c1-10(14-5-4-8-22-14)16(20)18-13-6-7-21-15(13)12-9-17-19(3)11(12)2/h4-5,8-10,13,15H,6-7H2,1-3H3,(H,18,20)/t10-,13-,15+/m0/s1. The molecule has 0 saturated carbocycles. The molecule has 22 heavy (non-hydrogen) atoms. The molecule has 1 fully saturated rings. The number of nitrogens with zero attached hydrogens (tertiary/aromatic N) is 2. The summed E-state index contributed by atoms with van der Waals surface area (Å²) in [5, 5.41) is 9.43. The van der Waals surface area contributed by atoms with Crippen LogP contribution >= 0.6 is 11.3 Å². The summed E-state index contributed by atoms with van der Waals surface area (Å²) in [7, 11) is 1.92. The minimum atomic E-state index is -0.128. The number of amides is 1. The molecule has 0 spiro atoms. The zero-order chi connectivity index (χ0) is 15.7. The summed E-state index contributed by atoms with van der Waals surface area (Å²) in [6, 6.07) is 3.99. The van der Waals surface area contributed by atoms with Gasteiger partial charge in [-0.15, -0.1) is 11.3 Å². The Hall–Kier alpha value is -1.66. The van der Waals surface area contributed by atoms with Crippen LogP contribution in [0.25, 0.3) is 0 Å². The molecule has 2 aromatic rings. The number of hydrogen-bond acceptors (Lipinski definition) is 4. The van der Waals surface area contributed by atoms with Crippen LogP contribution in [0, 0.1) is 6.92 Å². The van der Waals surface area contributed by atoms with Crippen LogP contribution in [0.3, 0.4) is 0 Å². The second-order valence-corrected chi connectivity index (χ2v) is 6.72. The number of rotatable bonds is 4. The highest BCUT2D eigenvalue weighted by molar-refractivity contribution is 7.10. The zero-order valence-electron chi connectivity index (χ0n) is 13.1. The number of aryl methyl sites for hydroxylation is 1. The smallest absolute Gasteiger partial charge is 0.228 e. The van der Waals surface area contributed by atoms with Gasteiger partial charge in [-0.1, -0.05) is 6.07 Å². The third-order valence-corrected chi connectivity index (χ3v) is 5.42. The minimum Gasteiger partial charge on any atom is -0.371 e. The van der Waals surface area contributed by atoms with E-state index in [0.717, 1.165) is 22.6 Å². The maximum Gasteiger partial charge on any atom is 0.228 e. The van der Waals surface area contributed by atoms with Crippen molar-refractivity contribution in [3.05, 3.63) is 39.8 Å². The van der Waals surface area contributed by atoms with Gasteiger partial charge in [-0.2, -0.15) is 5.10 Å². The molecule has 1 saturated heterocycles. The van der Waals surface area contributed by atoms with Crippen LogP contribution in [0.15, 0.2) is 23.7 Å². The molecule has 0 bridgehead atoms. The van der Waals surface area contributed by atoms with Crippen LogP contribution in [-0.2, 0) is 16.6 Å². The fourth-order valence-electron chi connectivity index (χ4n) is 2.81. The predicted molar refractivity (Wildman–Crippen MR) is 85.9 cm³/mol. The number of nitrogens with one attached hydrogen (secondary N) is 1. The Morgan fingerprint density at radius 3 is 3.05 bits per heavy atom. The Labute approximate surface area is 134 Å². The van der Waals surface area contributed by atoms with E-state index in [1.165, 1.54) is 0 Å². The first-order valence-electron chi connectivity index (χ1n) is 7.51. The van der Waals surface area contributed by atoms with Crippen LogP contribution in [0.5, 0.6) is 0 Å². The monoisotopic (exact) mass is 319 g/mol. The van der Waals surface area contributed by atoms with Crippen molar-refractivity contribution in [2.75, 3.05) is 6.61 Å². The summed E-state index contributed by atoms with van der Waals surface area (Å²) in [5.74, 6) is -0.0688. The molecule has 3 heterocycles. The molecule has 0 aromatic carbocycles. The highest BCUT2D eigenvalue weighted by Crippen LogP contribution is 2.31. The molecule has 1 aliphatic rings. The van der Waals surface area contributed by atoms with E-state index in [9.17, 15) is 4.79 Å². The minimum absolute atomic E-state index is 0.0119. The highest BCUT2D eigenvalue weighted by Gasteiger charge is 2.34. The van der Waals surface area contributed by atoms with E-state index in [1.807, 2.05) is 49.3 Å². The SMILES string of the molecule is Cc1c([C@H]2OCC[C@@H]2NC(=O)[C@@H](C)c2cccs2)cnn1C. The average Bonchev–Trinajstić information content (AvgIpc) is 3.22. The van der Waals surface area contributed by atoms with Crippen LogP contribution in [-0.4, -0.2) is 28.3 Å². The lowest BCUT2D eigenvalue weighted by atomic mass is 10.0. The molecule has 1 amide bonds. The van der Waals surface area contributed by atoms with Gasteiger partial charge in [-0.25, -0.2) is 0 Å². The van der Waals surface area contributed by atoms with E-state index in [4.69, 9.17) is 4.74 Å². The van der Waals surface area contributed by atoms with Crippen LogP contribution < -0.4 is 5.32 Å². The third kappa shape index (κ3) is 2.80. The van der Waals surface area contributed by atoms with E-state index >= 15 is 0 Å². The maximum absolute atomic E-state index is 12.5. The number of thiophene rings is 1. The van der Waals surface area contributed by atoms with Crippen molar-refractivity contribution in [2.45, 2.75) is 38.3 Å². The normalized spacial score (nSPS) is 22.7. The van der Waals surface area contributed by atoms with Crippen LogP contribution in [0.4, 0.5) is 0 Å². The summed E-state index contributed by atoms with van der Waals surface area (Å²) < 4.78 is 7.69. The van der Waals surface area contributed by atoms with E-state index < -0.39 is 0 Å². The van der Waals surface area contributed by atoms with Gasteiger partial charge in [0.05, 0.1) is 18.2 Å². The summed E-state index contributed by atoms with van der Waals surface area (Å²) in [6.07, 6.45) is 2.57. The van der Waals surface area contributed by atoms with Crippen molar-refractivity contribution >= 4 is 17.2 Å². The van der Waals surface area contributed by atoms with Gasteiger partial charge in [0.1, 0.15) is 6.10 Å². The quantitative estimate of drug-likeness (QED) is 0.942. The number of ether oxygens (including phenoxy) is 1. The van der Waals surface area contributed by atoms with E-state index in [-0.39, 0.29) is 24.0 Å². The van der Waals surface area contributed by atoms with Crippen molar-refractivity contribution in [1.82, 2.24) is 15.1 Å². The largest absolute Gasteiger partial charge is 0.371 e. The van der Waals surface area contributed by atoms with Gasteiger partial charge in [0.15, 0.2) is 0 Å². The first kappa shape index (κ1) is 15.2. The second-order valence-electron chi connectivity index (χ2n) is 5.74. The van der Waals surface area contributed by atoms with Gasteiger partial charge in [0, 0.05) is 29.8 Å². The molecular weight excluding hydrogens is 298 g/mol. The number of hydrogen-bond donors (Lipinski definition) is 1. The second kappa shape index (κ2) is 6.22. The molecule has 3 rings (SSSR count). The van der Waals surface area contributed by atoms with Gasteiger partial charge in [0.25, 0.3) is 0 Å². The zero-order valence-corrected chi connectivity index (χ0v) is 13.9. The molecule has 0 unspecified atom stereocenters. The van der Waals surface area contributed by atoms with Gasteiger partial charge in [-0.3, -0.25) is 9.48 Å². The molecular formula is C16H21N3O2S. The molecule has 2 aromatic heterocycles. The Kier molecular flexibility index (Phi) is 4.31. The third-order valence-electron chi connectivity index (χ3n) is 4.36. The maximum atomic E-state index is 12.5. The van der Waals surface area contributed by atoms with Crippen LogP contribution in [0.1, 0.15) is 41.5 Å². The van der Waals surface area contributed by atoms with E-state index in [0.29, 0.717) is 6.61 Å². The first-order valence-corrected chi connectivity index (χ1v) is 8.39. The summed E-state index contributed by atoms with van der Waals surface area (Å²) >= 11 is 1.61. The molecule has 118 valence electrons. The predicted octanol–water partition coefficient (Wildman–Crippen LogP) is 2.54. The Morgan fingerprint density at radius 2 is 2.41 bits per heavy atom. The summed E-state index contributed by atoms with van der Waals surface area (Å²) in [5.41, 5.74) is 2.14. The number of aromatic nitrogens is 2. The van der Waals surface area contributed by atoms with Crippen molar-refractivity contribution in [1.29, 1.82) is 0 Å². The highest BCUT2D eigenvalue weighted by atomic mass is 32.1. The molecule has 1 N–H and O–H groups in total. The lowest BCUT2D eigenvalue weighted by Crippen LogP contribution is -2.39. The molecule has 0 radical (unpaired) electrons. The fraction of sp³-hybridized carbons (Fsp3) is 0.500. The van der Waals surface area contributed by atoms with Gasteiger partial charge >= 0.3 is 0 Å². The van der Waals surface area contributed by atoms with Gasteiger partial charge < -0.3 is 10.1 Å². The van der Waals surface area contributed by atoms with Gasteiger partial charge in [-0.05, 0) is 31.7 Å². The molecule has 5 nitrogen and oxygen atoms in total. The average molecular weight is 319 g/mol. The van der Waals surface area contributed by atoms with E-state index in [2.05, 4.69) is 10.4 Å². The molecule has 6 heteroatoms. The lowest BCUT2D eigenvalue weighted by molar-refractivity contribution is -0.123. The van der Waals surface area contributed by atoms with E-state index in [1.54, 1.807) is 11.3 Å².